The van der Waals surface area contributed by atoms with E-state index in [-0.39, 0.29) is 5.56 Å². The van der Waals surface area contributed by atoms with E-state index < -0.39 is 0 Å². The molecule has 2 heteroatoms. The minimum Gasteiger partial charge on any atom is -0.144 e. The standard InChI is InChI=1S/C2H6BP/c1-2(3)4/h2H,4H2,1H3/t2-/m1/s1. The van der Waals surface area contributed by atoms with Crippen molar-refractivity contribution in [2.45, 2.75) is 12.5 Å². The van der Waals surface area contributed by atoms with E-state index in [1.807, 2.05) is 6.92 Å². The molecule has 0 aliphatic heterocycles. The zero-order chi connectivity index (χ0) is 3.58. The van der Waals surface area contributed by atoms with E-state index in [9.17, 15) is 0 Å². The molecule has 0 aromatic carbocycles. The molecule has 1 unspecified atom stereocenters. The Morgan fingerprint density at radius 3 is 2.00 bits per heavy atom. The summed E-state index contributed by atoms with van der Waals surface area (Å²) in [5, 5.41) is 0. The van der Waals surface area contributed by atoms with Gasteiger partial charge in [-0.15, -0.1) is 9.24 Å². The average molecular weight is 71.9 g/mol. The van der Waals surface area contributed by atoms with Crippen LogP contribution < -0.4 is 0 Å². The molecule has 0 nitrogen and oxygen atoms in total. The Morgan fingerprint density at radius 1 is 2.00 bits per heavy atom. The van der Waals surface area contributed by atoms with Gasteiger partial charge in [0.1, 0.15) is 0 Å². The van der Waals surface area contributed by atoms with Crippen LogP contribution in [0.15, 0.2) is 0 Å². The molecular formula is C2H6BP. The van der Waals surface area contributed by atoms with Crippen molar-refractivity contribution in [2.24, 2.45) is 0 Å². The van der Waals surface area contributed by atoms with E-state index in [1.165, 1.54) is 0 Å². The fourth-order valence-electron chi connectivity index (χ4n) is 0. The fourth-order valence-corrected chi connectivity index (χ4v) is 0. The maximum atomic E-state index is 5.07. The highest BCUT2D eigenvalue weighted by molar-refractivity contribution is 7.20. The minimum absolute atomic E-state index is 0.250. The Kier molecular flexibility index (Phi) is 2.00. The van der Waals surface area contributed by atoms with Crippen molar-refractivity contribution < 1.29 is 0 Å². The van der Waals surface area contributed by atoms with Gasteiger partial charge in [0.2, 0.25) is 0 Å². The average Bonchev–Trinajstić information content (AvgIpc) is 0.811. The normalized spacial score (nSPS) is 15.5. The van der Waals surface area contributed by atoms with Gasteiger partial charge in [-0.3, -0.25) is 0 Å². The van der Waals surface area contributed by atoms with Crippen LogP contribution in [0.1, 0.15) is 6.92 Å². The molecule has 0 aliphatic carbocycles. The minimum atomic E-state index is 0.250. The van der Waals surface area contributed by atoms with Gasteiger partial charge in [0.25, 0.3) is 0 Å². The molecule has 22 valence electrons. The van der Waals surface area contributed by atoms with E-state index in [0.29, 0.717) is 0 Å². The summed E-state index contributed by atoms with van der Waals surface area (Å²) in [6.45, 7) is 1.91. The van der Waals surface area contributed by atoms with Crippen LogP contribution in [0.5, 0.6) is 0 Å². The van der Waals surface area contributed by atoms with Crippen LogP contribution >= 0.6 is 9.24 Å². The second-order valence-corrected chi connectivity index (χ2v) is 1.91. The van der Waals surface area contributed by atoms with Gasteiger partial charge in [0, 0.05) is 0 Å². The van der Waals surface area contributed by atoms with Gasteiger partial charge in [0.15, 0.2) is 0 Å². The van der Waals surface area contributed by atoms with Gasteiger partial charge in [-0.1, -0.05) is 12.5 Å². The molecule has 0 fully saturated rings. The molecule has 0 aromatic heterocycles. The van der Waals surface area contributed by atoms with Crippen molar-refractivity contribution in [2.75, 3.05) is 0 Å². The lowest BCUT2D eigenvalue weighted by Gasteiger charge is -1.79. The highest BCUT2D eigenvalue weighted by atomic mass is 31.0. The molecule has 0 rings (SSSR count). The topological polar surface area (TPSA) is 0 Å². The SMILES string of the molecule is [B][C@@H](C)P. The summed E-state index contributed by atoms with van der Waals surface area (Å²) in [6, 6.07) is 0. The highest BCUT2D eigenvalue weighted by Crippen LogP contribution is 1.85. The fraction of sp³-hybridized carbons (Fsp3) is 1.00. The van der Waals surface area contributed by atoms with Crippen molar-refractivity contribution in [3.63, 3.8) is 0 Å². The van der Waals surface area contributed by atoms with Gasteiger partial charge in [0.05, 0.1) is 7.85 Å². The summed E-state index contributed by atoms with van der Waals surface area (Å²) < 4.78 is 0. The van der Waals surface area contributed by atoms with Crippen LogP contribution in [0.25, 0.3) is 0 Å². The largest absolute Gasteiger partial charge is 0.144 e. The van der Waals surface area contributed by atoms with Crippen LogP contribution in [0.4, 0.5) is 0 Å². The first-order valence-electron chi connectivity index (χ1n) is 1.24. The molecule has 0 aliphatic rings. The van der Waals surface area contributed by atoms with Crippen molar-refractivity contribution >= 4 is 17.1 Å². The first kappa shape index (κ1) is 4.49. The smallest absolute Gasteiger partial charge is 0.0752 e. The van der Waals surface area contributed by atoms with Crippen molar-refractivity contribution in [1.82, 2.24) is 0 Å². The number of hydrogen-bond acceptors (Lipinski definition) is 0. The van der Waals surface area contributed by atoms with Gasteiger partial charge >= 0.3 is 0 Å². The molecular weight excluding hydrogens is 65.8 g/mol. The molecule has 0 saturated carbocycles. The molecule has 0 heterocycles. The first-order chi connectivity index (χ1) is 1.73. The molecule has 4 heavy (non-hydrogen) atoms. The monoisotopic (exact) mass is 72.0 g/mol. The van der Waals surface area contributed by atoms with Gasteiger partial charge in [-0.05, 0) is 0 Å². The Balaban J connectivity index is 2.32. The molecule has 0 bridgehead atoms. The van der Waals surface area contributed by atoms with E-state index in [0.717, 1.165) is 0 Å². The third-order valence-electron chi connectivity index (χ3n) is 0. The zero-order valence-corrected chi connectivity index (χ0v) is 3.89. The predicted molar refractivity (Wildman–Crippen MR) is 24.9 cm³/mol. The number of rotatable bonds is 0. The van der Waals surface area contributed by atoms with E-state index in [1.54, 1.807) is 0 Å². The van der Waals surface area contributed by atoms with E-state index in [4.69, 9.17) is 7.85 Å². The Labute approximate surface area is 30.6 Å². The summed E-state index contributed by atoms with van der Waals surface area (Å²) in [4.78, 5) is 0. The Morgan fingerprint density at radius 2 is 2.00 bits per heavy atom. The molecule has 0 aromatic rings. The summed E-state index contributed by atoms with van der Waals surface area (Å²) in [6.07, 6.45) is 0. The maximum Gasteiger partial charge on any atom is 0.0752 e. The second-order valence-electron chi connectivity index (χ2n) is 0.859. The van der Waals surface area contributed by atoms with Gasteiger partial charge in [-0.25, -0.2) is 0 Å². The third-order valence-corrected chi connectivity index (χ3v) is 0. The van der Waals surface area contributed by atoms with Crippen LogP contribution in [-0.4, -0.2) is 13.4 Å². The molecule has 0 saturated heterocycles. The first-order valence-corrected chi connectivity index (χ1v) is 1.91. The van der Waals surface area contributed by atoms with Crippen LogP contribution in [0.3, 0.4) is 0 Å². The maximum absolute atomic E-state index is 5.07. The molecule has 2 atom stereocenters. The van der Waals surface area contributed by atoms with Crippen LogP contribution in [-0.2, 0) is 0 Å². The lowest BCUT2D eigenvalue weighted by molar-refractivity contribution is 1.41. The lowest BCUT2D eigenvalue weighted by Crippen LogP contribution is -1.80. The third kappa shape index (κ3) is 22.8. The molecule has 0 N–H and O–H groups in total. The molecule has 0 amide bonds. The Hall–Kier alpha value is 0.495. The van der Waals surface area contributed by atoms with Crippen molar-refractivity contribution in [1.29, 1.82) is 0 Å². The van der Waals surface area contributed by atoms with Gasteiger partial charge in [-0.2, -0.15) is 0 Å². The van der Waals surface area contributed by atoms with Crippen LogP contribution in [0, 0.1) is 0 Å². The summed E-state index contributed by atoms with van der Waals surface area (Å²) in [5.41, 5.74) is 0.250. The summed E-state index contributed by atoms with van der Waals surface area (Å²) >= 11 is 0. The van der Waals surface area contributed by atoms with Crippen molar-refractivity contribution in [3.05, 3.63) is 0 Å². The van der Waals surface area contributed by atoms with E-state index in [2.05, 4.69) is 9.24 Å². The number of hydrogen-bond donors (Lipinski definition) is 0. The summed E-state index contributed by atoms with van der Waals surface area (Å²) in [5.74, 6) is 0. The van der Waals surface area contributed by atoms with Crippen molar-refractivity contribution in [3.8, 4) is 0 Å². The van der Waals surface area contributed by atoms with Gasteiger partial charge < -0.3 is 0 Å². The molecule has 2 radical (unpaired) electrons. The lowest BCUT2D eigenvalue weighted by atomic mass is 10.1. The van der Waals surface area contributed by atoms with E-state index >= 15 is 0 Å². The predicted octanol–water partition coefficient (Wildman–Crippen LogP) is 0.376. The highest BCUT2D eigenvalue weighted by Gasteiger charge is 1.68. The summed E-state index contributed by atoms with van der Waals surface area (Å²) in [7, 11) is 7.51. The zero-order valence-electron chi connectivity index (χ0n) is 2.73. The second kappa shape index (κ2) is 1.78. The molecule has 0 spiro atoms. The van der Waals surface area contributed by atoms with Crippen LogP contribution in [0.2, 0.25) is 0 Å². The quantitative estimate of drug-likeness (QED) is 0.286. The Bertz CT molecular complexity index is 10.8.